The molecule has 0 aliphatic carbocycles. The van der Waals surface area contributed by atoms with Gasteiger partial charge < -0.3 is 9.73 Å². The normalized spacial score (nSPS) is 15.7. The first-order valence-electron chi connectivity index (χ1n) is 9.83. The molecular weight excluding hydrogens is 420 g/mol. The molecule has 162 valence electrons. The van der Waals surface area contributed by atoms with Crippen LogP contribution >= 0.6 is 0 Å². The van der Waals surface area contributed by atoms with E-state index < -0.39 is 10.0 Å². The number of carbonyl (C=O) groups excluding carboxylic acids is 1. The van der Waals surface area contributed by atoms with Gasteiger partial charge >= 0.3 is 0 Å². The number of piperidine rings is 1. The van der Waals surface area contributed by atoms with E-state index in [9.17, 15) is 13.2 Å². The molecule has 1 saturated heterocycles. The van der Waals surface area contributed by atoms with Crippen LogP contribution in [0.1, 0.15) is 37.3 Å². The van der Waals surface area contributed by atoms with Crippen molar-refractivity contribution in [2.24, 2.45) is 0 Å². The lowest BCUT2D eigenvalue weighted by Gasteiger charge is -2.29. The average molecular weight is 443 g/mol. The highest BCUT2D eigenvalue weighted by Crippen LogP contribution is 2.32. The van der Waals surface area contributed by atoms with Gasteiger partial charge in [-0.3, -0.25) is 4.79 Å². The Kier molecular flexibility index (Phi) is 5.79. The number of aryl methyl sites for hydroxylation is 1. The van der Waals surface area contributed by atoms with Crippen LogP contribution < -0.4 is 5.32 Å². The maximum atomic E-state index is 13.0. The van der Waals surface area contributed by atoms with Crippen molar-refractivity contribution in [3.05, 3.63) is 48.4 Å². The maximum absolute atomic E-state index is 13.0. The Hall–Kier alpha value is -3.18. The molecule has 1 aliphatic rings. The third-order valence-corrected chi connectivity index (χ3v) is 7.11. The van der Waals surface area contributed by atoms with Crippen molar-refractivity contribution in [1.82, 2.24) is 24.5 Å². The minimum absolute atomic E-state index is 0.0141. The average Bonchev–Trinajstić information content (AvgIpc) is 3.24. The second kappa shape index (κ2) is 8.52. The van der Waals surface area contributed by atoms with Crippen LogP contribution in [-0.2, 0) is 14.8 Å². The molecule has 10 nitrogen and oxygen atoms in total. The summed E-state index contributed by atoms with van der Waals surface area (Å²) in [5.41, 5.74) is 1.98. The van der Waals surface area contributed by atoms with Crippen LogP contribution in [0.25, 0.3) is 11.5 Å². The number of nitrogens with zero attached hydrogens (tertiary/aromatic N) is 5. The summed E-state index contributed by atoms with van der Waals surface area (Å²) in [6.45, 7) is 3.94. The number of sulfonamides is 1. The highest BCUT2D eigenvalue weighted by Gasteiger charge is 2.32. The van der Waals surface area contributed by atoms with Crippen molar-refractivity contribution in [2.45, 2.75) is 37.5 Å². The molecule has 3 heterocycles. The minimum Gasteiger partial charge on any atom is -0.420 e. The standard InChI is InChI=1S/C20H22N6O4S/c1-13-18(11-21-12-22-13)20-25-24-19(30-20)15-7-9-26(10-8-15)31(28,29)17-5-3-16(4-6-17)23-14(2)27/h3-6,11-12,15H,7-10H2,1-2H3,(H,23,27). The van der Waals surface area contributed by atoms with Crippen molar-refractivity contribution < 1.29 is 17.6 Å². The summed E-state index contributed by atoms with van der Waals surface area (Å²) in [5, 5.41) is 10.9. The van der Waals surface area contributed by atoms with Crippen molar-refractivity contribution in [3.63, 3.8) is 0 Å². The molecular formula is C20H22N6O4S. The summed E-state index contributed by atoms with van der Waals surface area (Å²) in [6.07, 6.45) is 4.25. The molecule has 0 unspecified atom stereocenters. The molecule has 0 spiro atoms. The predicted octanol–water partition coefficient (Wildman–Crippen LogP) is 2.36. The van der Waals surface area contributed by atoms with Gasteiger partial charge in [0.2, 0.25) is 21.8 Å². The molecule has 1 N–H and O–H groups in total. The Labute approximate surface area is 179 Å². The maximum Gasteiger partial charge on any atom is 0.251 e. The topological polar surface area (TPSA) is 131 Å². The quantitative estimate of drug-likeness (QED) is 0.637. The Morgan fingerprint density at radius 2 is 1.87 bits per heavy atom. The summed E-state index contributed by atoms with van der Waals surface area (Å²) in [6, 6.07) is 6.16. The first-order chi connectivity index (χ1) is 14.8. The summed E-state index contributed by atoms with van der Waals surface area (Å²) in [7, 11) is -3.62. The molecule has 0 saturated carbocycles. The fourth-order valence-corrected chi connectivity index (χ4v) is 4.98. The number of amides is 1. The SMILES string of the molecule is CC(=O)Nc1ccc(S(=O)(=O)N2CCC(c3nnc(-c4cncnc4C)o3)CC2)cc1. The highest BCUT2D eigenvalue weighted by molar-refractivity contribution is 7.89. The number of aromatic nitrogens is 4. The molecule has 2 aromatic heterocycles. The second-order valence-electron chi connectivity index (χ2n) is 7.35. The van der Waals surface area contributed by atoms with Crippen LogP contribution in [0.3, 0.4) is 0 Å². The Morgan fingerprint density at radius 3 is 2.52 bits per heavy atom. The van der Waals surface area contributed by atoms with Gasteiger partial charge in [0, 0.05) is 37.8 Å². The fraction of sp³-hybridized carbons (Fsp3) is 0.350. The zero-order valence-electron chi connectivity index (χ0n) is 17.1. The summed E-state index contributed by atoms with van der Waals surface area (Å²) in [5.74, 6) is 0.633. The number of anilines is 1. The third kappa shape index (κ3) is 4.47. The van der Waals surface area contributed by atoms with E-state index in [1.807, 2.05) is 6.92 Å². The number of rotatable bonds is 5. The van der Waals surface area contributed by atoms with E-state index in [1.54, 1.807) is 18.3 Å². The Morgan fingerprint density at radius 1 is 1.16 bits per heavy atom. The molecule has 0 bridgehead atoms. The van der Waals surface area contributed by atoms with E-state index in [-0.39, 0.29) is 16.7 Å². The van der Waals surface area contributed by atoms with E-state index in [0.29, 0.717) is 49.0 Å². The molecule has 4 rings (SSSR count). The van der Waals surface area contributed by atoms with Gasteiger partial charge in [0.15, 0.2) is 0 Å². The number of hydrogen-bond donors (Lipinski definition) is 1. The van der Waals surface area contributed by atoms with E-state index in [0.717, 1.165) is 5.69 Å². The van der Waals surface area contributed by atoms with Gasteiger partial charge in [-0.1, -0.05) is 0 Å². The van der Waals surface area contributed by atoms with Gasteiger partial charge in [-0.2, -0.15) is 4.31 Å². The zero-order valence-corrected chi connectivity index (χ0v) is 18.0. The van der Waals surface area contributed by atoms with Gasteiger partial charge in [-0.05, 0) is 44.0 Å². The molecule has 3 aromatic rings. The summed E-state index contributed by atoms with van der Waals surface area (Å²) < 4.78 is 33.2. The monoisotopic (exact) mass is 442 g/mol. The highest BCUT2D eigenvalue weighted by atomic mass is 32.2. The van der Waals surface area contributed by atoms with E-state index in [2.05, 4.69) is 25.5 Å². The molecule has 1 aromatic carbocycles. The smallest absolute Gasteiger partial charge is 0.251 e. The van der Waals surface area contributed by atoms with Gasteiger partial charge in [-0.25, -0.2) is 18.4 Å². The number of hydrogen-bond acceptors (Lipinski definition) is 8. The van der Waals surface area contributed by atoms with Crippen molar-refractivity contribution in [3.8, 4) is 11.5 Å². The number of carbonyl (C=O) groups is 1. The van der Waals surface area contributed by atoms with E-state index >= 15 is 0 Å². The second-order valence-corrected chi connectivity index (χ2v) is 9.29. The minimum atomic E-state index is -3.62. The van der Waals surface area contributed by atoms with Gasteiger partial charge in [0.25, 0.3) is 5.89 Å². The van der Waals surface area contributed by atoms with Crippen LogP contribution in [0.5, 0.6) is 0 Å². The summed E-state index contributed by atoms with van der Waals surface area (Å²) >= 11 is 0. The van der Waals surface area contributed by atoms with Crippen LogP contribution in [0, 0.1) is 6.92 Å². The predicted molar refractivity (Wildman–Crippen MR) is 112 cm³/mol. The fourth-order valence-electron chi connectivity index (χ4n) is 3.51. The van der Waals surface area contributed by atoms with Crippen molar-refractivity contribution in [2.75, 3.05) is 18.4 Å². The summed E-state index contributed by atoms with van der Waals surface area (Å²) in [4.78, 5) is 19.4. The third-order valence-electron chi connectivity index (χ3n) is 5.20. The van der Waals surface area contributed by atoms with E-state index in [4.69, 9.17) is 4.42 Å². The molecule has 31 heavy (non-hydrogen) atoms. The number of nitrogens with one attached hydrogen (secondary N) is 1. The van der Waals surface area contributed by atoms with Crippen LogP contribution in [-0.4, -0.2) is 51.9 Å². The lowest BCUT2D eigenvalue weighted by atomic mass is 9.98. The molecule has 1 amide bonds. The van der Waals surface area contributed by atoms with Gasteiger partial charge in [0.05, 0.1) is 16.2 Å². The van der Waals surface area contributed by atoms with Gasteiger partial charge in [-0.15, -0.1) is 10.2 Å². The molecule has 1 fully saturated rings. The van der Waals surface area contributed by atoms with Crippen LogP contribution in [0.2, 0.25) is 0 Å². The first-order valence-corrected chi connectivity index (χ1v) is 11.3. The van der Waals surface area contributed by atoms with Crippen LogP contribution in [0.4, 0.5) is 5.69 Å². The largest absolute Gasteiger partial charge is 0.420 e. The lowest BCUT2D eigenvalue weighted by molar-refractivity contribution is -0.114. The van der Waals surface area contributed by atoms with Crippen LogP contribution in [0.15, 0.2) is 46.1 Å². The number of benzene rings is 1. The molecule has 1 aliphatic heterocycles. The van der Waals surface area contributed by atoms with Gasteiger partial charge in [0.1, 0.15) is 6.33 Å². The zero-order chi connectivity index (χ0) is 22.0. The Balaban J connectivity index is 1.43. The molecule has 0 atom stereocenters. The first kappa shape index (κ1) is 21.1. The lowest BCUT2D eigenvalue weighted by Crippen LogP contribution is -2.37. The van der Waals surface area contributed by atoms with E-state index in [1.165, 1.54) is 29.7 Å². The van der Waals surface area contributed by atoms with Crippen molar-refractivity contribution in [1.29, 1.82) is 0 Å². The molecule has 0 radical (unpaired) electrons. The Bertz CT molecular complexity index is 1180. The van der Waals surface area contributed by atoms with Crippen molar-refractivity contribution >= 4 is 21.6 Å². The molecule has 11 heteroatoms.